The number of hydrogen-bond acceptors (Lipinski definition) is 8. The van der Waals surface area contributed by atoms with Gasteiger partial charge in [-0.05, 0) is 36.6 Å². The fourth-order valence-electron chi connectivity index (χ4n) is 2.35. The van der Waals surface area contributed by atoms with E-state index in [1.54, 1.807) is 41.9 Å². The summed E-state index contributed by atoms with van der Waals surface area (Å²) in [4.78, 5) is 26.6. The Bertz CT molecular complexity index is 885. The summed E-state index contributed by atoms with van der Waals surface area (Å²) >= 11 is 4.58. The number of thioether (sulfide) groups is 3. The van der Waals surface area contributed by atoms with E-state index in [9.17, 15) is 4.79 Å². The lowest BCUT2D eigenvalue weighted by atomic mass is 10.3. The molecule has 0 aromatic carbocycles. The van der Waals surface area contributed by atoms with E-state index in [0.717, 1.165) is 32.8 Å². The fraction of sp³-hybridized carbons (Fsp3) is 0.333. The topological polar surface area (TPSA) is 80.9 Å². The molecule has 0 saturated heterocycles. The summed E-state index contributed by atoms with van der Waals surface area (Å²) in [5.41, 5.74) is 2.91. The molecule has 6 nitrogen and oxygen atoms in total. The van der Waals surface area contributed by atoms with Gasteiger partial charge in [-0.2, -0.15) is 4.98 Å². The van der Waals surface area contributed by atoms with Crippen LogP contribution in [0.1, 0.15) is 19.5 Å². The molecule has 3 rings (SSSR count). The SMILES string of the molecule is CCSc1cc(C)nc(SCC)c1NC(=O)CSc1nc2ncccc2o1. The number of nitrogens with zero attached hydrogens (tertiary/aromatic N) is 3. The molecule has 0 fully saturated rings. The number of anilines is 1. The molecule has 0 radical (unpaired) electrons. The van der Waals surface area contributed by atoms with Gasteiger partial charge in [0.05, 0.1) is 11.4 Å². The Hall–Kier alpha value is -1.71. The fourth-order valence-corrected chi connectivity index (χ4v) is 4.69. The Morgan fingerprint density at radius 3 is 2.74 bits per heavy atom. The third kappa shape index (κ3) is 5.18. The van der Waals surface area contributed by atoms with Crippen molar-refractivity contribution < 1.29 is 9.21 Å². The molecule has 142 valence electrons. The number of carbonyl (C=O) groups excluding carboxylic acids is 1. The first-order valence-electron chi connectivity index (χ1n) is 8.52. The van der Waals surface area contributed by atoms with E-state index in [2.05, 4.69) is 34.1 Å². The van der Waals surface area contributed by atoms with Crippen molar-refractivity contribution in [3.05, 3.63) is 30.1 Å². The standard InChI is InChI=1S/C18H20N4O2S3/c1-4-25-13-9-11(3)20-17(26-5-2)15(13)21-14(23)10-27-18-22-16-12(24-18)7-6-8-19-16/h6-9H,4-5,10H2,1-3H3,(H,21,23). The number of rotatable bonds is 8. The van der Waals surface area contributed by atoms with Crippen molar-refractivity contribution in [1.29, 1.82) is 0 Å². The zero-order valence-corrected chi connectivity index (χ0v) is 17.8. The summed E-state index contributed by atoms with van der Waals surface area (Å²) < 4.78 is 5.60. The van der Waals surface area contributed by atoms with Gasteiger partial charge < -0.3 is 9.73 Å². The first kappa shape index (κ1) is 20.0. The minimum absolute atomic E-state index is 0.114. The van der Waals surface area contributed by atoms with E-state index >= 15 is 0 Å². The number of nitrogens with one attached hydrogen (secondary N) is 1. The molecule has 0 bridgehead atoms. The highest BCUT2D eigenvalue weighted by Crippen LogP contribution is 2.35. The van der Waals surface area contributed by atoms with E-state index in [4.69, 9.17) is 4.42 Å². The largest absolute Gasteiger partial charge is 0.430 e. The molecule has 0 saturated carbocycles. The molecule has 0 spiro atoms. The molecular weight excluding hydrogens is 400 g/mol. The highest BCUT2D eigenvalue weighted by molar-refractivity contribution is 8.00. The third-order valence-electron chi connectivity index (χ3n) is 3.40. The maximum absolute atomic E-state index is 12.5. The molecule has 0 atom stereocenters. The summed E-state index contributed by atoms with van der Waals surface area (Å²) in [6, 6.07) is 5.61. The van der Waals surface area contributed by atoms with Crippen LogP contribution in [0.5, 0.6) is 0 Å². The van der Waals surface area contributed by atoms with Crippen LogP contribution in [0.25, 0.3) is 11.2 Å². The highest BCUT2D eigenvalue weighted by Gasteiger charge is 2.16. The van der Waals surface area contributed by atoms with Crippen LogP contribution in [0.3, 0.4) is 0 Å². The summed E-state index contributed by atoms with van der Waals surface area (Å²) in [7, 11) is 0. The highest BCUT2D eigenvalue weighted by atomic mass is 32.2. The Labute approximate surface area is 170 Å². The van der Waals surface area contributed by atoms with Crippen LogP contribution in [0.4, 0.5) is 5.69 Å². The van der Waals surface area contributed by atoms with E-state index in [-0.39, 0.29) is 11.7 Å². The van der Waals surface area contributed by atoms with Crippen LogP contribution < -0.4 is 5.32 Å². The van der Waals surface area contributed by atoms with Crippen LogP contribution in [-0.2, 0) is 4.79 Å². The van der Waals surface area contributed by atoms with Gasteiger partial charge in [-0.3, -0.25) is 4.79 Å². The lowest BCUT2D eigenvalue weighted by Gasteiger charge is -2.14. The molecule has 0 aliphatic carbocycles. The lowest BCUT2D eigenvalue weighted by molar-refractivity contribution is -0.113. The molecule has 0 aliphatic heterocycles. The first-order valence-corrected chi connectivity index (χ1v) is 11.5. The third-order valence-corrected chi connectivity index (χ3v) is 6.00. The molecule has 1 amide bonds. The van der Waals surface area contributed by atoms with Crippen molar-refractivity contribution in [2.45, 2.75) is 35.9 Å². The zero-order valence-electron chi connectivity index (χ0n) is 15.3. The average molecular weight is 421 g/mol. The molecule has 27 heavy (non-hydrogen) atoms. The van der Waals surface area contributed by atoms with Crippen LogP contribution in [0.2, 0.25) is 0 Å². The van der Waals surface area contributed by atoms with Gasteiger partial charge in [0.15, 0.2) is 11.2 Å². The van der Waals surface area contributed by atoms with Crippen molar-refractivity contribution in [3.8, 4) is 0 Å². The smallest absolute Gasteiger partial charge is 0.258 e. The number of hydrogen-bond donors (Lipinski definition) is 1. The lowest BCUT2D eigenvalue weighted by Crippen LogP contribution is -2.16. The molecule has 3 aromatic rings. The molecule has 0 unspecified atom stereocenters. The molecule has 0 aliphatic rings. The normalized spacial score (nSPS) is 11.1. The number of aryl methyl sites for hydroxylation is 1. The second-order valence-corrected chi connectivity index (χ2v) is 8.93. The predicted octanol–water partition coefficient (Wildman–Crippen LogP) is 4.88. The number of aromatic nitrogens is 3. The number of oxazole rings is 1. The zero-order chi connectivity index (χ0) is 19.2. The predicted molar refractivity (Wildman–Crippen MR) is 113 cm³/mol. The minimum Gasteiger partial charge on any atom is -0.430 e. The van der Waals surface area contributed by atoms with Gasteiger partial charge in [0.1, 0.15) is 5.03 Å². The molecule has 3 aromatic heterocycles. The van der Waals surface area contributed by atoms with Crippen LogP contribution >= 0.6 is 35.3 Å². The van der Waals surface area contributed by atoms with Crippen LogP contribution in [0, 0.1) is 6.92 Å². The van der Waals surface area contributed by atoms with E-state index < -0.39 is 0 Å². The number of fused-ring (bicyclic) bond motifs is 1. The van der Waals surface area contributed by atoms with Crippen molar-refractivity contribution in [2.24, 2.45) is 0 Å². The van der Waals surface area contributed by atoms with Gasteiger partial charge >= 0.3 is 0 Å². The minimum atomic E-state index is -0.114. The summed E-state index contributed by atoms with van der Waals surface area (Å²) in [6.07, 6.45) is 1.66. The van der Waals surface area contributed by atoms with Crippen LogP contribution in [-0.4, -0.2) is 38.1 Å². The van der Waals surface area contributed by atoms with E-state index in [1.165, 1.54) is 11.8 Å². The maximum Gasteiger partial charge on any atom is 0.258 e. The van der Waals surface area contributed by atoms with Crippen molar-refractivity contribution in [1.82, 2.24) is 15.0 Å². The van der Waals surface area contributed by atoms with E-state index in [1.807, 2.05) is 13.0 Å². The Morgan fingerprint density at radius 2 is 2.00 bits per heavy atom. The van der Waals surface area contributed by atoms with Gasteiger partial charge in [-0.15, -0.1) is 23.5 Å². The van der Waals surface area contributed by atoms with E-state index in [0.29, 0.717) is 16.5 Å². The summed E-state index contributed by atoms with van der Waals surface area (Å²) in [5.74, 6) is 1.90. The van der Waals surface area contributed by atoms with Gasteiger partial charge in [0, 0.05) is 16.8 Å². The monoisotopic (exact) mass is 420 g/mol. The van der Waals surface area contributed by atoms with Crippen molar-refractivity contribution in [2.75, 3.05) is 22.6 Å². The second kappa shape index (κ2) is 9.48. The van der Waals surface area contributed by atoms with Gasteiger partial charge in [0.25, 0.3) is 5.22 Å². The number of amides is 1. The number of carbonyl (C=O) groups is 1. The van der Waals surface area contributed by atoms with Gasteiger partial charge in [0.2, 0.25) is 5.91 Å². The Morgan fingerprint density at radius 1 is 1.19 bits per heavy atom. The molecular formula is C18H20N4O2S3. The number of pyridine rings is 2. The van der Waals surface area contributed by atoms with Gasteiger partial charge in [-0.1, -0.05) is 25.6 Å². The molecule has 3 heterocycles. The summed E-state index contributed by atoms with van der Waals surface area (Å²) in [5, 5.41) is 4.33. The van der Waals surface area contributed by atoms with Crippen LogP contribution in [0.15, 0.2) is 44.0 Å². The second-order valence-electron chi connectivity index (χ2n) is 5.45. The molecule has 9 heteroatoms. The van der Waals surface area contributed by atoms with Gasteiger partial charge in [-0.25, -0.2) is 9.97 Å². The van der Waals surface area contributed by atoms with Crippen molar-refractivity contribution in [3.63, 3.8) is 0 Å². The van der Waals surface area contributed by atoms with Crippen molar-refractivity contribution >= 4 is 58.1 Å². The maximum atomic E-state index is 12.5. The quantitative estimate of drug-likeness (QED) is 0.516. The molecule has 1 N–H and O–H groups in total. The average Bonchev–Trinajstić information content (AvgIpc) is 3.06. The Balaban J connectivity index is 1.72. The summed E-state index contributed by atoms with van der Waals surface area (Å²) in [6.45, 7) is 6.14. The first-order chi connectivity index (χ1) is 13.1. The Kier molecular flexibility index (Phi) is 7.03.